The molecule has 2 aromatic rings. The molecule has 2 amide bonds. The number of benzene rings is 1. The van der Waals surface area contributed by atoms with Gasteiger partial charge in [-0.3, -0.25) is 14.4 Å². The number of esters is 1. The second kappa shape index (κ2) is 17.4. The van der Waals surface area contributed by atoms with Crippen LogP contribution < -0.4 is 0 Å². The normalized spacial score (nSPS) is 15.4. The number of hydrogen-bond acceptors (Lipinski definition) is 8. The zero-order chi connectivity index (χ0) is 31.1. The summed E-state index contributed by atoms with van der Waals surface area (Å²) in [6.07, 6.45) is 3.10. The molecule has 1 aliphatic heterocycles. The van der Waals surface area contributed by atoms with Crippen molar-refractivity contribution in [3.05, 3.63) is 54.1 Å². The van der Waals surface area contributed by atoms with Crippen LogP contribution in [0.1, 0.15) is 36.9 Å². The number of aromatic nitrogens is 2. The van der Waals surface area contributed by atoms with E-state index in [1.165, 1.54) is 12.2 Å². The Labute approximate surface area is 245 Å². The first-order valence-electron chi connectivity index (χ1n) is 13.1. The molecule has 0 radical (unpaired) electrons. The van der Waals surface area contributed by atoms with Gasteiger partial charge < -0.3 is 19.7 Å². The molecule has 11 nitrogen and oxygen atoms in total. The number of aliphatic carboxylic acids is 1. The van der Waals surface area contributed by atoms with Gasteiger partial charge in [0, 0.05) is 19.2 Å². The molecule has 0 aliphatic carbocycles. The number of hydrogen-bond donors (Lipinski definition) is 2. The molecule has 1 saturated heterocycles. The predicted octanol–water partition coefficient (Wildman–Crippen LogP) is 3.26. The highest BCUT2D eigenvalue weighted by Gasteiger charge is 2.38. The fourth-order valence-electron chi connectivity index (χ4n) is 4.19. The number of imidazole rings is 1. The molecule has 0 unspecified atom stereocenters. The monoisotopic (exact) mass is 616 g/mol. The van der Waals surface area contributed by atoms with Gasteiger partial charge in [0.05, 0.1) is 38.2 Å². The number of thioether (sulfide) groups is 1. The minimum absolute atomic E-state index is 0.0305. The Bertz CT molecular complexity index is 1140. The third-order valence-electron chi connectivity index (χ3n) is 6.30. The molecule has 3 rings (SSSR count). The van der Waals surface area contributed by atoms with E-state index in [2.05, 4.69) is 9.97 Å². The van der Waals surface area contributed by atoms with E-state index in [0.717, 1.165) is 18.4 Å². The molecule has 0 saturated carbocycles. The van der Waals surface area contributed by atoms with Crippen LogP contribution in [0.15, 0.2) is 42.9 Å². The van der Waals surface area contributed by atoms with Crippen molar-refractivity contribution in [3.63, 3.8) is 0 Å². The zero-order valence-electron chi connectivity index (χ0n) is 23.3. The van der Waals surface area contributed by atoms with Gasteiger partial charge in [-0.1, -0.05) is 30.3 Å². The molecule has 1 aromatic heterocycles. The fourth-order valence-corrected chi connectivity index (χ4v) is 4.64. The van der Waals surface area contributed by atoms with Gasteiger partial charge in [0.25, 0.3) is 0 Å². The number of rotatable bonds is 13. The summed E-state index contributed by atoms with van der Waals surface area (Å²) >= 11 is 1.58. The number of nitrogens with one attached hydrogen (secondary N) is 1. The summed E-state index contributed by atoms with van der Waals surface area (Å²) in [7, 11) is 1.31. The van der Waals surface area contributed by atoms with E-state index in [1.54, 1.807) is 29.2 Å². The molecule has 1 aliphatic rings. The molecule has 15 heteroatoms. The lowest BCUT2D eigenvalue weighted by Gasteiger charge is -2.32. The Balaban J connectivity index is 0.000000782. The highest BCUT2D eigenvalue weighted by atomic mass is 32.2. The number of halogens is 3. The number of amides is 2. The number of aromatic amines is 1. The number of carbonyl (C=O) groups is 4. The van der Waals surface area contributed by atoms with Gasteiger partial charge >= 0.3 is 18.1 Å². The molecule has 232 valence electrons. The van der Waals surface area contributed by atoms with Gasteiger partial charge in [0.1, 0.15) is 0 Å². The van der Waals surface area contributed by atoms with E-state index in [9.17, 15) is 27.6 Å². The summed E-state index contributed by atoms with van der Waals surface area (Å²) in [6, 6.07) is 8.69. The van der Waals surface area contributed by atoms with E-state index < -0.39 is 24.2 Å². The number of aryl methyl sites for hydroxylation is 1. The predicted molar refractivity (Wildman–Crippen MR) is 147 cm³/mol. The Kier molecular flexibility index (Phi) is 14.3. The molecule has 2 atom stereocenters. The molecule has 1 aromatic carbocycles. The SMILES string of the molecule is COC(=O)[C@H](CCSC)N(OC[C@@H]1CCCN1C(=O)Cc1c[nH]cn1)C(=O)CCc1ccccc1.O=C(O)C(F)(F)F. The number of carboxylic acid groups (broad SMARTS) is 1. The molecule has 42 heavy (non-hydrogen) atoms. The topological polar surface area (TPSA) is 142 Å². The van der Waals surface area contributed by atoms with Crippen molar-refractivity contribution >= 4 is 35.5 Å². The van der Waals surface area contributed by atoms with Crippen LogP contribution in [0, 0.1) is 0 Å². The first-order valence-corrected chi connectivity index (χ1v) is 14.5. The van der Waals surface area contributed by atoms with Crippen molar-refractivity contribution in [2.75, 3.05) is 32.3 Å². The van der Waals surface area contributed by atoms with Gasteiger partial charge in [0.15, 0.2) is 6.04 Å². The molecule has 2 heterocycles. The van der Waals surface area contributed by atoms with Crippen LogP contribution in [-0.4, -0.2) is 99.3 Å². The zero-order valence-corrected chi connectivity index (χ0v) is 24.2. The van der Waals surface area contributed by atoms with Crippen molar-refractivity contribution in [2.24, 2.45) is 0 Å². The Morgan fingerprint density at radius 1 is 1.24 bits per heavy atom. The number of carboxylic acids is 1. The van der Waals surface area contributed by atoms with Crippen molar-refractivity contribution in [1.29, 1.82) is 0 Å². The number of ether oxygens (including phenoxy) is 1. The smallest absolute Gasteiger partial charge is 0.475 e. The van der Waals surface area contributed by atoms with Gasteiger partial charge in [-0.15, -0.1) is 0 Å². The standard InChI is InChI=1S/C25H34N4O5S.C2HF3O2/c1-33-25(32)22(12-14-35-2)29(23(30)11-10-19-7-4-3-5-8-19)34-17-21-9-6-13-28(21)24(31)15-20-16-26-18-27-20;3-2(4,5)1(6)7/h3-5,7-8,16,18,21-22H,6,9-15,17H2,1-2H3,(H,26,27);(H,6,7)/t21-,22-;/m0./s1. The summed E-state index contributed by atoms with van der Waals surface area (Å²) in [6.45, 7) is 0.766. The Hall–Kier alpha value is -3.59. The van der Waals surface area contributed by atoms with Crippen LogP contribution >= 0.6 is 11.8 Å². The maximum absolute atomic E-state index is 13.3. The van der Waals surface area contributed by atoms with E-state index >= 15 is 0 Å². The summed E-state index contributed by atoms with van der Waals surface area (Å²) in [5.41, 5.74) is 1.72. The van der Waals surface area contributed by atoms with Gasteiger partial charge in [-0.25, -0.2) is 19.6 Å². The highest BCUT2D eigenvalue weighted by Crippen LogP contribution is 2.21. The third-order valence-corrected chi connectivity index (χ3v) is 6.95. The molecule has 2 N–H and O–H groups in total. The molecular formula is C27H35F3N4O7S. The van der Waals surface area contributed by atoms with E-state index in [0.29, 0.717) is 30.8 Å². The minimum atomic E-state index is -5.08. The molecule has 1 fully saturated rings. The number of likely N-dealkylation sites (tertiary alicyclic amines) is 1. The average Bonchev–Trinajstić information content (AvgIpc) is 3.66. The second-order valence-electron chi connectivity index (χ2n) is 9.24. The number of alkyl halides is 3. The van der Waals surface area contributed by atoms with Crippen molar-refractivity contribution in [3.8, 4) is 0 Å². The van der Waals surface area contributed by atoms with Crippen LogP contribution in [0.4, 0.5) is 13.2 Å². The second-order valence-corrected chi connectivity index (χ2v) is 10.2. The molecular weight excluding hydrogens is 581 g/mol. The highest BCUT2D eigenvalue weighted by molar-refractivity contribution is 7.98. The lowest BCUT2D eigenvalue weighted by molar-refractivity contribution is -0.212. The first kappa shape index (κ1) is 34.6. The quantitative estimate of drug-likeness (QED) is 0.256. The summed E-state index contributed by atoms with van der Waals surface area (Å²) in [5, 5.41) is 8.32. The van der Waals surface area contributed by atoms with Crippen molar-refractivity contribution in [2.45, 2.75) is 56.8 Å². The molecule has 0 spiro atoms. The van der Waals surface area contributed by atoms with Crippen molar-refractivity contribution in [1.82, 2.24) is 19.9 Å². The van der Waals surface area contributed by atoms with Gasteiger partial charge in [0.2, 0.25) is 11.8 Å². The average molecular weight is 617 g/mol. The third kappa shape index (κ3) is 11.4. The minimum Gasteiger partial charge on any atom is -0.475 e. The maximum atomic E-state index is 13.3. The first-order chi connectivity index (χ1) is 20.0. The molecule has 0 bridgehead atoms. The lowest BCUT2D eigenvalue weighted by atomic mass is 10.1. The lowest BCUT2D eigenvalue weighted by Crippen LogP contribution is -2.48. The van der Waals surface area contributed by atoms with Crippen molar-refractivity contribution < 1.29 is 47.0 Å². The van der Waals surface area contributed by atoms with E-state index in [-0.39, 0.29) is 37.3 Å². The van der Waals surface area contributed by atoms with Crippen LogP contribution in [-0.2, 0) is 41.6 Å². The van der Waals surface area contributed by atoms with Crippen LogP contribution in [0.25, 0.3) is 0 Å². The largest absolute Gasteiger partial charge is 0.490 e. The van der Waals surface area contributed by atoms with Gasteiger partial charge in [-0.2, -0.15) is 24.9 Å². The fraction of sp³-hybridized carbons (Fsp3) is 0.519. The number of methoxy groups -OCH3 is 1. The Morgan fingerprint density at radius 2 is 1.93 bits per heavy atom. The summed E-state index contributed by atoms with van der Waals surface area (Å²) in [5.74, 6) is -2.91. The van der Waals surface area contributed by atoms with Crippen LogP contribution in [0.2, 0.25) is 0 Å². The summed E-state index contributed by atoms with van der Waals surface area (Å²) < 4.78 is 36.7. The van der Waals surface area contributed by atoms with Crippen LogP contribution in [0.3, 0.4) is 0 Å². The van der Waals surface area contributed by atoms with Gasteiger partial charge in [-0.05, 0) is 43.3 Å². The van der Waals surface area contributed by atoms with E-state index in [4.69, 9.17) is 19.5 Å². The van der Waals surface area contributed by atoms with Crippen LogP contribution in [0.5, 0.6) is 0 Å². The van der Waals surface area contributed by atoms with E-state index in [1.807, 2.05) is 36.6 Å². The Morgan fingerprint density at radius 3 is 2.50 bits per heavy atom. The number of nitrogens with zero attached hydrogens (tertiary/aromatic N) is 3. The maximum Gasteiger partial charge on any atom is 0.490 e. The number of carbonyl (C=O) groups excluding carboxylic acids is 3. The summed E-state index contributed by atoms with van der Waals surface area (Å²) in [4.78, 5) is 62.4. The number of hydroxylamine groups is 2. The number of H-pyrrole nitrogens is 1.